The van der Waals surface area contributed by atoms with E-state index in [-0.39, 0.29) is 44.3 Å². The third-order valence-corrected chi connectivity index (χ3v) is 8.79. The number of ether oxygens (including phenoxy) is 2. The number of nitrogens with two attached hydrogens (primary N) is 1. The zero-order chi connectivity index (χ0) is 30.5. The highest BCUT2D eigenvalue weighted by Crippen LogP contribution is 2.46. The minimum atomic E-state index is -4.97. The molecule has 2 aromatic carbocycles. The van der Waals surface area contributed by atoms with Crippen LogP contribution >= 0.6 is 11.3 Å². The molecule has 4 aromatic rings. The molecule has 3 saturated heterocycles. The summed E-state index contributed by atoms with van der Waals surface area (Å²) in [5.74, 6) is -2.25. The van der Waals surface area contributed by atoms with Gasteiger partial charge >= 0.3 is 12.2 Å². The van der Waals surface area contributed by atoms with E-state index >= 15 is 4.39 Å². The van der Waals surface area contributed by atoms with Crippen molar-refractivity contribution in [3.63, 3.8) is 0 Å². The number of nitrogen functional groups attached to an aromatic ring is 1. The van der Waals surface area contributed by atoms with E-state index in [4.69, 9.17) is 15.2 Å². The van der Waals surface area contributed by atoms with Crippen LogP contribution in [0.1, 0.15) is 31.2 Å². The van der Waals surface area contributed by atoms with Gasteiger partial charge < -0.3 is 20.5 Å². The van der Waals surface area contributed by atoms with Gasteiger partial charge in [-0.3, -0.25) is 4.90 Å². The minimum Gasteiger partial charge on any atom is -0.472 e. The van der Waals surface area contributed by atoms with Crippen molar-refractivity contribution in [2.45, 2.75) is 50.2 Å². The van der Waals surface area contributed by atoms with Crippen molar-refractivity contribution in [2.24, 2.45) is 0 Å². The summed E-state index contributed by atoms with van der Waals surface area (Å²) in [6.45, 7) is 2.98. The Hall–Kier alpha value is -3.43. The quantitative estimate of drug-likeness (QED) is 0.278. The van der Waals surface area contributed by atoms with Gasteiger partial charge in [0.2, 0.25) is 5.88 Å². The molecule has 0 radical (unpaired) electrons. The van der Waals surface area contributed by atoms with E-state index in [2.05, 4.69) is 25.2 Å². The van der Waals surface area contributed by atoms with Gasteiger partial charge in [-0.15, -0.1) is 0 Å². The van der Waals surface area contributed by atoms with E-state index in [0.717, 1.165) is 42.5 Å². The summed E-state index contributed by atoms with van der Waals surface area (Å²) in [6, 6.07) is 3.05. The average Bonchev–Trinajstić information content (AvgIpc) is 3.75. The van der Waals surface area contributed by atoms with Crippen molar-refractivity contribution in [1.82, 2.24) is 25.2 Å². The van der Waals surface area contributed by atoms with Gasteiger partial charge in [0.1, 0.15) is 23.6 Å². The van der Waals surface area contributed by atoms with Crippen LogP contribution in [0.5, 0.6) is 11.9 Å². The zero-order valence-electron chi connectivity index (χ0n) is 23.0. The van der Waals surface area contributed by atoms with Crippen molar-refractivity contribution in [3.8, 4) is 23.0 Å². The van der Waals surface area contributed by atoms with Crippen LogP contribution in [0.25, 0.3) is 32.2 Å². The van der Waals surface area contributed by atoms with E-state index in [1.807, 2.05) is 0 Å². The first-order chi connectivity index (χ1) is 20.5. The molecule has 43 heavy (non-hydrogen) atoms. The number of nitrogens with one attached hydrogen (secondary N) is 1. The molecule has 5 heterocycles. The van der Waals surface area contributed by atoms with E-state index < -0.39 is 40.6 Å². The van der Waals surface area contributed by atoms with Crippen molar-refractivity contribution in [1.29, 1.82) is 0 Å². The molecule has 3 aliphatic heterocycles. The summed E-state index contributed by atoms with van der Waals surface area (Å²) in [7, 11) is 1.24. The smallest absolute Gasteiger partial charge is 0.417 e. The normalized spacial score (nSPS) is 22.2. The topological polar surface area (TPSA) is 98.4 Å². The Morgan fingerprint density at radius 3 is 2.63 bits per heavy atom. The highest BCUT2D eigenvalue weighted by atomic mass is 32.1. The molecule has 230 valence electrons. The van der Waals surface area contributed by atoms with Crippen molar-refractivity contribution in [2.75, 3.05) is 39.0 Å². The molecule has 15 heteroatoms. The molecule has 3 aliphatic rings. The monoisotopic (exact) mass is 626 g/mol. The van der Waals surface area contributed by atoms with Crippen molar-refractivity contribution < 1.29 is 35.8 Å². The first kappa shape index (κ1) is 29.6. The molecular formula is C28H28F6N6O2S. The molecule has 3 atom stereocenters. The van der Waals surface area contributed by atoms with Crippen LogP contribution < -0.4 is 20.5 Å². The van der Waals surface area contributed by atoms with Crippen LogP contribution in [0.4, 0.5) is 31.5 Å². The van der Waals surface area contributed by atoms with Gasteiger partial charge in [0, 0.05) is 30.3 Å². The number of benzene rings is 2. The lowest BCUT2D eigenvalue weighted by atomic mass is 9.95. The highest BCUT2D eigenvalue weighted by Gasteiger charge is 2.38. The highest BCUT2D eigenvalue weighted by molar-refractivity contribution is 7.22. The van der Waals surface area contributed by atoms with Crippen LogP contribution in [-0.2, 0) is 6.18 Å². The van der Waals surface area contributed by atoms with Crippen LogP contribution in [0.3, 0.4) is 0 Å². The molecule has 3 unspecified atom stereocenters. The number of nitrogens with zero attached hydrogens (tertiary/aromatic N) is 4. The lowest BCUT2D eigenvalue weighted by Crippen LogP contribution is -2.22. The van der Waals surface area contributed by atoms with Gasteiger partial charge in [-0.25, -0.2) is 18.2 Å². The van der Waals surface area contributed by atoms with E-state index in [1.54, 1.807) is 0 Å². The number of thiazole rings is 1. The molecule has 3 N–H and O–H groups in total. The van der Waals surface area contributed by atoms with Crippen LogP contribution in [-0.4, -0.2) is 71.5 Å². The maximum absolute atomic E-state index is 15.9. The predicted octanol–water partition coefficient (Wildman–Crippen LogP) is 5.73. The Kier molecular flexibility index (Phi) is 7.98. The molecule has 0 spiro atoms. The third kappa shape index (κ3) is 5.77. The number of fused-ring (bicyclic) bond motifs is 3. The van der Waals surface area contributed by atoms with E-state index in [1.165, 1.54) is 20.0 Å². The van der Waals surface area contributed by atoms with Gasteiger partial charge in [0.05, 0.1) is 28.3 Å². The molecule has 2 aromatic heterocycles. The average molecular weight is 627 g/mol. The number of methoxy groups -OCH3 is 1. The fourth-order valence-electron chi connectivity index (χ4n) is 5.96. The molecule has 8 nitrogen and oxygen atoms in total. The Morgan fingerprint density at radius 1 is 1.12 bits per heavy atom. The van der Waals surface area contributed by atoms with Gasteiger partial charge in [0.15, 0.2) is 10.9 Å². The largest absolute Gasteiger partial charge is 0.472 e. The first-order valence-electron chi connectivity index (χ1n) is 13.8. The summed E-state index contributed by atoms with van der Waals surface area (Å²) in [4.78, 5) is 14.2. The minimum absolute atomic E-state index is 0.0686. The second-order valence-corrected chi connectivity index (χ2v) is 11.7. The lowest BCUT2D eigenvalue weighted by Gasteiger charge is -2.19. The summed E-state index contributed by atoms with van der Waals surface area (Å²) in [6.07, 6.45) is -1.93. The Labute approximate surface area is 246 Å². The summed E-state index contributed by atoms with van der Waals surface area (Å²) in [5, 5.41) is 2.74. The number of halogens is 6. The third-order valence-electron chi connectivity index (χ3n) is 7.90. The fraction of sp³-hybridized carbons (Fsp3) is 0.464. The summed E-state index contributed by atoms with van der Waals surface area (Å²) in [5.41, 5.74) is 2.64. The second kappa shape index (κ2) is 11.6. The van der Waals surface area contributed by atoms with Crippen molar-refractivity contribution >= 4 is 37.6 Å². The molecule has 0 bridgehead atoms. The SMILES string of the molecule is COc1nc(OC2CCNC2)c2cc(C(F)(F)F)c(-c3ccc(F)c4sc(N)nc34)c(F)c2n1.FC1CC2CCCN2C1. The Morgan fingerprint density at radius 2 is 1.93 bits per heavy atom. The van der Waals surface area contributed by atoms with Gasteiger partial charge in [-0.2, -0.15) is 23.1 Å². The van der Waals surface area contributed by atoms with Crippen molar-refractivity contribution in [3.05, 3.63) is 35.4 Å². The molecule has 7 rings (SSSR count). The van der Waals surface area contributed by atoms with Gasteiger partial charge in [0.25, 0.3) is 0 Å². The molecule has 3 fully saturated rings. The number of alkyl halides is 4. The maximum atomic E-state index is 15.9. The van der Waals surface area contributed by atoms with Gasteiger partial charge in [-0.05, 0) is 57.0 Å². The van der Waals surface area contributed by atoms with E-state index in [9.17, 15) is 22.0 Å². The lowest BCUT2D eigenvalue weighted by molar-refractivity contribution is -0.137. The van der Waals surface area contributed by atoms with E-state index in [0.29, 0.717) is 32.1 Å². The summed E-state index contributed by atoms with van der Waals surface area (Å²) >= 11 is 0.753. The second-order valence-electron chi connectivity index (χ2n) is 10.7. The number of aromatic nitrogens is 3. The molecule has 0 saturated carbocycles. The summed E-state index contributed by atoms with van der Waals surface area (Å²) < 4.78 is 96.2. The Balaban J connectivity index is 0.000000310. The number of rotatable bonds is 4. The zero-order valence-corrected chi connectivity index (χ0v) is 23.8. The fourth-order valence-corrected chi connectivity index (χ4v) is 6.72. The molecular weight excluding hydrogens is 598 g/mol. The van der Waals surface area contributed by atoms with Crippen LogP contribution in [0.2, 0.25) is 0 Å². The number of hydrogen-bond donors (Lipinski definition) is 2. The van der Waals surface area contributed by atoms with Crippen LogP contribution in [0.15, 0.2) is 18.2 Å². The Bertz CT molecular complexity index is 1650. The first-order valence-corrected chi connectivity index (χ1v) is 14.6. The van der Waals surface area contributed by atoms with Gasteiger partial charge in [-0.1, -0.05) is 11.3 Å². The van der Waals surface area contributed by atoms with Crippen LogP contribution in [0, 0.1) is 11.6 Å². The molecule has 0 aliphatic carbocycles. The maximum Gasteiger partial charge on any atom is 0.417 e. The standard InChI is InChI=1S/C21H16F5N5O2S.C7H12FN/c1-32-20-30-15-10(18(31-20)33-8-4-5-28-7-8)6-11(21(24,25)26)13(14(15)23)9-2-3-12(22)17-16(9)29-19(27)34-17;8-6-4-7-2-1-3-9(7)5-6/h2-3,6,8,28H,4-5,7H2,1H3,(H2,27,29);6-7H,1-5H2. The predicted molar refractivity (Wildman–Crippen MR) is 150 cm³/mol. The number of anilines is 1. The number of hydrogen-bond acceptors (Lipinski definition) is 9. The molecule has 0 amide bonds.